The smallest absolute Gasteiger partial charge is 0.119 e. The molecule has 3 aromatic rings. The first-order chi connectivity index (χ1) is 12.8. The fourth-order valence-electron chi connectivity index (χ4n) is 2.56. The summed E-state index contributed by atoms with van der Waals surface area (Å²) in [6.45, 7) is 0.702. The maximum absolute atomic E-state index is 10.3. The van der Waals surface area contributed by atoms with E-state index in [2.05, 4.69) is 11.1 Å². The van der Waals surface area contributed by atoms with Gasteiger partial charge in [-0.1, -0.05) is 54.6 Å². The number of hydrogen-bond acceptors (Lipinski definition) is 4. The van der Waals surface area contributed by atoms with Crippen LogP contribution < -0.4 is 4.74 Å². The normalized spacial score (nSPS) is 12.3. The van der Waals surface area contributed by atoms with Gasteiger partial charge in [-0.25, -0.2) is 4.98 Å². The molecule has 0 radical (unpaired) electrons. The minimum Gasteiger partial charge on any atom is -0.494 e. The fraction of sp³-hybridized carbons (Fsp3) is 0.227. The molecule has 0 aliphatic heterocycles. The minimum atomic E-state index is -0.560. The highest BCUT2D eigenvalue weighted by atomic mass is 32.1. The minimum absolute atomic E-state index is 0.560. The standard InChI is InChI=1S/C22H23NO2S/c24-21(16-18-10-4-1-5-11-18)20-17-26-22(23-20)14-8-3-9-15-25-19-12-6-2-7-13-19/h1-2,4-8,10-14,17,21,24H,3,9,15-16H2/b14-8+. The van der Waals surface area contributed by atoms with E-state index in [-0.39, 0.29) is 0 Å². The number of allylic oxidation sites excluding steroid dienone is 1. The maximum Gasteiger partial charge on any atom is 0.119 e. The summed E-state index contributed by atoms with van der Waals surface area (Å²) < 4.78 is 5.67. The molecule has 0 saturated heterocycles. The van der Waals surface area contributed by atoms with Crippen LogP contribution >= 0.6 is 11.3 Å². The van der Waals surface area contributed by atoms with Crippen molar-refractivity contribution < 1.29 is 9.84 Å². The highest BCUT2D eigenvalue weighted by Crippen LogP contribution is 2.21. The number of hydrogen-bond donors (Lipinski definition) is 1. The molecule has 1 atom stereocenters. The van der Waals surface area contributed by atoms with Crippen LogP contribution in [0.1, 0.15) is 35.2 Å². The Morgan fingerprint density at radius 1 is 1.04 bits per heavy atom. The second-order valence-corrected chi connectivity index (χ2v) is 6.91. The lowest BCUT2D eigenvalue weighted by molar-refractivity contribution is 0.174. The molecule has 2 aromatic carbocycles. The van der Waals surface area contributed by atoms with Crippen molar-refractivity contribution in [2.75, 3.05) is 6.61 Å². The van der Waals surface area contributed by atoms with Gasteiger partial charge in [-0.3, -0.25) is 0 Å². The van der Waals surface area contributed by atoms with Gasteiger partial charge in [0, 0.05) is 11.8 Å². The molecule has 4 heteroatoms. The molecule has 1 unspecified atom stereocenters. The SMILES string of the molecule is OC(Cc1ccccc1)c1csc(/C=C/CCCOc2ccccc2)n1. The van der Waals surface area contributed by atoms with E-state index in [1.807, 2.05) is 72.1 Å². The average Bonchev–Trinajstić information content (AvgIpc) is 3.15. The molecule has 3 nitrogen and oxygen atoms in total. The highest BCUT2D eigenvalue weighted by Gasteiger charge is 2.11. The molecule has 0 bridgehead atoms. The monoisotopic (exact) mass is 365 g/mol. The zero-order chi connectivity index (χ0) is 18.0. The van der Waals surface area contributed by atoms with Gasteiger partial charge in [-0.05, 0) is 36.6 Å². The Morgan fingerprint density at radius 3 is 2.54 bits per heavy atom. The summed E-state index contributed by atoms with van der Waals surface area (Å²) in [6.07, 6.45) is 6.06. The van der Waals surface area contributed by atoms with Crippen LogP contribution in [0.25, 0.3) is 6.08 Å². The summed E-state index contributed by atoms with van der Waals surface area (Å²) in [5.74, 6) is 0.911. The van der Waals surface area contributed by atoms with Crippen LogP contribution in [0, 0.1) is 0 Å². The third-order valence-corrected chi connectivity index (χ3v) is 4.77. The quantitative estimate of drug-likeness (QED) is 0.524. The number of aliphatic hydroxyl groups is 1. The van der Waals surface area contributed by atoms with Crippen LogP contribution in [-0.4, -0.2) is 16.7 Å². The van der Waals surface area contributed by atoms with Crippen LogP contribution in [-0.2, 0) is 6.42 Å². The van der Waals surface area contributed by atoms with Crippen LogP contribution in [0.3, 0.4) is 0 Å². The van der Waals surface area contributed by atoms with Crippen molar-refractivity contribution in [2.24, 2.45) is 0 Å². The molecule has 1 N–H and O–H groups in total. The first kappa shape index (κ1) is 18.4. The molecule has 134 valence electrons. The van der Waals surface area contributed by atoms with Crippen LogP contribution in [0.5, 0.6) is 5.75 Å². The Morgan fingerprint density at radius 2 is 1.77 bits per heavy atom. The number of ether oxygens (including phenoxy) is 1. The maximum atomic E-state index is 10.3. The topological polar surface area (TPSA) is 42.4 Å². The summed E-state index contributed by atoms with van der Waals surface area (Å²) >= 11 is 1.56. The van der Waals surface area contributed by atoms with Gasteiger partial charge in [-0.2, -0.15) is 0 Å². The van der Waals surface area contributed by atoms with Crippen LogP contribution in [0.4, 0.5) is 0 Å². The van der Waals surface area contributed by atoms with E-state index in [9.17, 15) is 5.11 Å². The number of nitrogens with zero attached hydrogens (tertiary/aromatic N) is 1. The fourth-order valence-corrected chi connectivity index (χ4v) is 3.35. The second kappa shape index (κ2) is 9.90. The van der Waals surface area contributed by atoms with Gasteiger partial charge in [0.1, 0.15) is 16.9 Å². The highest BCUT2D eigenvalue weighted by molar-refractivity contribution is 7.10. The van der Waals surface area contributed by atoms with Gasteiger partial charge in [0.25, 0.3) is 0 Å². The molecule has 0 aliphatic rings. The zero-order valence-electron chi connectivity index (χ0n) is 14.6. The summed E-state index contributed by atoms with van der Waals surface area (Å²) in [5.41, 5.74) is 1.86. The third-order valence-electron chi connectivity index (χ3n) is 3.94. The van der Waals surface area contributed by atoms with Gasteiger partial charge in [-0.15, -0.1) is 11.3 Å². The van der Waals surface area contributed by atoms with Gasteiger partial charge in [0.05, 0.1) is 12.3 Å². The van der Waals surface area contributed by atoms with E-state index in [0.29, 0.717) is 13.0 Å². The van der Waals surface area contributed by atoms with Crippen molar-refractivity contribution in [2.45, 2.75) is 25.4 Å². The summed E-state index contributed by atoms with van der Waals surface area (Å²) in [5, 5.41) is 13.2. The Balaban J connectivity index is 1.40. The van der Waals surface area contributed by atoms with E-state index < -0.39 is 6.10 Å². The Bertz CT molecular complexity index is 799. The lowest BCUT2D eigenvalue weighted by atomic mass is 10.1. The number of thiazole rings is 1. The number of benzene rings is 2. The van der Waals surface area contributed by atoms with E-state index in [0.717, 1.165) is 34.9 Å². The van der Waals surface area contributed by atoms with Crippen molar-refractivity contribution >= 4 is 17.4 Å². The predicted octanol–water partition coefficient (Wildman–Crippen LogP) is 5.29. The van der Waals surface area contributed by atoms with Gasteiger partial charge >= 0.3 is 0 Å². The van der Waals surface area contributed by atoms with Crippen molar-refractivity contribution in [1.82, 2.24) is 4.98 Å². The molecular formula is C22H23NO2S. The summed E-state index contributed by atoms with van der Waals surface area (Å²) in [4.78, 5) is 4.52. The molecule has 26 heavy (non-hydrogen) atoms. The van der Waals surface area contributed by atoms with Gasteiger partial charge in [0.2, 0.25) is 0 Å². The molecule has 0 amide bonds. The largest absolute Gasteiger partial charge is 0.494 e. The molecule has 1 aromatic heterocycles. The summed E-state index contributed by atoms with van der Waals surface area (Å²) in [6, 6.07) is 19.9. The average molecular weight is 365 g/mol. The Labute approximate surface area is 158 Å². The predicted molar refractivity (Wildman–Crippen MR) is 107 cm³/mol. The van der Waals surface area contributed by atoms with E-state index >= 15 is 0 Å². The van der Waals surface area contributed by atoms with Crippen molar-refractivity contribution in [1.29, 1.82) is 0 Å². The molecule has 0 spiro atoms. The Kier molecular flexibility index (Phi) is 6.99. The van der Waals surface area contributed by atoms with Gasteiger partial charge in [0.15, 0.2) is 0 Å². The molecule has 0 saturated carbocycles. The van der Waals surface area contributed by atoms with Crippen LogP contribution in [0.15, 0.2) is 72.1 Å². The number of aliphatic hydroxyl groups excluding tert-OH is 1. The van der Waals surface area contributed by atoms with E-state index in [1.165, 1.54) is 0 Å². The van der Waals surface area contributed by atoms with Crippen molar-refractivity contribution in [3.8, 4) is 5.75 Å². The number of rotatable bonds is 9. The zero-order valence-corrected chi connectivity index (χ0v) is 15.4. The lowest BCUT2D eigenvalue weighted by Gasteiger charge is -2.07. The van der Waals surface area contributed by atoms with Crippen LogP contribution in [0.2, 0.25) is 0 Å². The number of unbranched alkanes of at least 4 members (excludes halogenated alkanes) is 1. The number of para-hydroxylation sites is 1. The third kappa shape index (κ3) is 5.83. The van der Waals surface area contributed by atoms with Crippen molar-refractivity contribution in [3.63, 3.8) is 0 Å². The number of aromatic nitrogens is 1. The first-order valence-electron chi connectivity index (χ1n) is 8.83. The van der Waals surface area contributed by atoms with Crippen molar-refractivity contribution in [3.05, 3.63) is 88.4 Å². The molecule has 1 heterocycles. The molecule has 0 aliphatic carbocycles. The first-order valence-corrected chi connectivity index (χ1v) is 9.71. The molecule has 0 fully saturated rings. The second-order valence-electron chi connectivity index (χ2n) is 6.02. The lowest BCUT2D eigenvalue weighted by Crippen LogP contribution is -2.02. The molecule has 3 rings (SSSR count). The van der Waals surface area contributed by atoms with E-state index in [1.54, 1.807) is 11.3 Å². The summed E-state index contributed by atoms with van der Waals surface area (Å²) in [7, 11) is 0. The van der Waals surface area contributed by atoms with E-state index in [4.69, 9.17) is 4.74 Å². The molecular weight excluding hydrogens is 342 g/mol. The Hall–Kier alpha value is -2.43. The van der Waals surface area contributed by atoms with Gasteiger partial charge < -0.3 is 9.84 Å².